The van der Waals surface area contributed by atoms with Crippen molar-refractivity contribution < 1.29 is 0 Å². The van der Waals surface area contributed by atoms with Crippen LogP contribution in [0, 0.1) is 0 Å². The molecule has 0 fully saturated rings. The van der Waals surface area contributed by atoms with Crippen LogP contribution in [0.15, 0.2) is 122 Å². The minimum absolute atomic E-state index is 0.986. The first-order valence-corrected chi connectivity index (χ1v) is 12.5. The van der Waals surface area contributed by atoms with Crippen LogP contribution < -0.4 is 0 Å². The van der Waals surface area contributed by atoms with Gasteiger partial charge in [0.05, 0.1) is 45.5 Å². The molecule has 0 unspecified atom stereocenters. The van der Waals surface area contributed by atoms with Crippen LogP contribution in [-0.4, -0.2) is 29.1 Å². The molecule has 0 N–H and O–H groups in total. The molecule has 0 saturated heterocycles. The summed E-state index contributed by atoms with van der Waals surface area (Å²) < 4.78 is 4.45. The average molecular weight is 489 g/mol. The van der Waals surface area contributed by atoms with Crippen molar-refractivity contribution in [1.29, 1.82) is 0 Å². The van der Waals surface area contributed by atoms with E-state index in [-0.39, 0.29) is 0 Å². The smallest absolute Gasteiger partial charge is 0.0964 e. The Morgan fingerprint density at radius 3 is 1.32 bits per heavy atom. The third-order valence-electron chi connectivity index (χ3n) is 7.23. The number of nitrogens with zero attached hydrogens (tertiary/aromatic N) is 6. The number of fused-ring (bicyclic) bond motifs is 6. The second-order valence-corrected chi connectivity index (χ2v) is 9.29. The van der Waals surface area contributed by atoms with Gasteiger partial charge in [-0.3, -0.25) is 19.9 Å². The number of aromatic nitrogens is 6. The third-order valence-corrected chi connectivity index (χ3v) is 7.23. The van der Waals surface area contributed by atoms with Crippen molar-refractivity contribution in [3.63, 3.8) is 0 Å². The van der Waals surface area contributed by atoms with Gasteiger partial charge >= 0.3 is 0 Å². The molecule has 6 heterocycles. The zero-order valence-electron chi connectivity index (χ0n) is 20.2. The lowest BCUT2D eigenvalue weighted by molar-refractivity contribution is 1.16. The molecule has 0 bridgehead atoms. The monoisotopic (exact) mass is 488 g/mol. The second-order valence-electron chi connectivity index (χ2n) is 9.29. The highest BCUT2D eigenvalue weighted by atomic mass is 15.0. The maximum Gasteiger partial charge on any atom is 0.0964 e. The fraction of sp³-hybridized carbons (Fsp3) is 0. The number of hydrogen-bond acceptors (Lipinski definition) is 4. The van der Waals surface area contributed by atoms with Crippen LogP contribution in [-0.2, 0) is 0 Å². The Kier molecular flexibility index (Phi) is 4.42. The largest absolute Gasteiger partial charge is 0.306 e. The predicted octanol–water partition coefficient (Wildman–Crippen LogP) is 7.13. The molecule has 0 amide bonds. The van der Waals surface area contributed by atoms with Gasteiger partial charge in [-0.15, -0.1) is 0 Å². The van der Waals surface area contributed by atoms with E-state index in [2.05, 4.69) is 89.7 Å². The Bertz CT molecular complexity index is 1860. The Morgan fingerprint density at radius 2 is 0.868 bits per heavy atom. The first-order valence-electron chi connectivity index (χ1n) is 12.5. The van der Waals surface area contributed by atoms with Gasteiger partial charge < -0.3 is 9.13 Å². The molecular formula is C32H20N6. The van der Waals surface area contributed by atoms with Crippen molar-refractivity contribution in [1.82, 2.24) is 29.1 Å². The molecule has 38 heavy (non-hydrogen) atoms. The molecule has 6 aromatic heterocycles. The Balaban J connectivity index is 1.20. The van der Waals surface area contributed by atoms with Gasteiger partial charge in [-0.2, -0.15) is 0 Å². The van der Waals surface area contributed by atoms with Gasteiger partial charge in [0.15, 0.2) is 0 Å². The summed E-state index contributed by atoms with van der Waals surface area (Å²) in [6.45, 7) is 0. The summed E-state index contributed by atoms with van der Waals surface area (Å²) >= 11 is 0. The molecule has 0 aliphatic carbocycles. The Labute approximate surface area is 217 Å². The molecule has 178 valence electrons. The summed E-state index contributed by atoms with van der Waals surface area (Å²) in [5.41, 5.74) is 10.7. The summed E-state index contributed by atoms with van der Waals surface area (Å²) in [5, 5.41) is 2.21. The summed E-state index contributed by atoms with van der Waals surface area (Å²) in [6.07, 6.45) is 11.1. The van der Waals surface area contributed by atoms with Crippen molar-refractivity contribution >= 4 is 43.9 Å². The molecule has 6 nitrogen and oxygen atoms in total. The summed E-state index contributed by atoms with van der Waals surface area (Å²) in [6, 6.07) is 29.5. The van der Waals surface area contributed by atoms with E-state index < -0.39 is 0 Å². The molecule has 0 radical (unpaired) electrons. The molecule has 6 heteroatoms. The summed E-state index contributed by atoms with van der Waals surface area (Å²) in [7, 11) is 0. The standard InChI is InChI=1S/C32H20N6/c1-3-27-31(35-15-1)25-13-17-33-19-29(25)37(27)23-9-5-21(6-10-23)22-7-11-24(12-8-22)38-28-4-2-16-36-32(28)26-14-18-34-20-30(26)38/h1-20H. The van der Waals surface area contributed by atoms with E-state index in [4.69, 9.17) is 0 Å². The summed E-state index contributed by atoms with van der Waals surface area (Å²) in [4.78, 5) is 18.0. The van der Waals surface area contributed by atoms with Gasteiger partial charge in [0.2, 0.25) is 0 Å². The van der Waals surface area contributed by atoms with E-state index >= 15 is 0 Å². The molecule has 0 aliphatic heterocycles. The topological polar surface area (TPSA) is 61.4 Å². The van der Waals surface area contributed by atoms with Crippen LogP contribution in [0.1, 0.15) is 0 Å². The normalized spacial score (nSPS) is 11.7. The molecular weight excluding hydrogens is 468 g/mol. The third kappa shape index (κ3) is 3.01. The van der Waals surface area contributed by atoms with Gasteiger partial charge in [-0.05, 0) is 71.8 Å². The van der Waals surface area contributed by atoms with Crippen LogP contribution in [0.4, 0.5) is 0 Å². The van der Waals surface area contributed by atoms with Crippen molar-refractivity contribution in [2.75, 3.05) is 0 Å². The molecule has 0 spiro atoms. The minimum atomic E-state index is 0.986. The van der Waals surface area contributed by atoms with Crippen molar-refractivity contribution in [2.24, 2.45) is 0 Å². The first kappa shape index (κ1) is 20.8. The van der Waals surface area contributed by atoms with Crippen LogP contribution in [0.3, 0.4) is 0 Å². The molecule has 2 aromatic carbocycles. The number of benzene rings is 2. The van der Waals surface area contributed by atoms with E-state index in [1.165, 1.54) is 0 Å². The fourth-order valence-electron chi connectivity index (χ4n) is 5.52. The zero-order valence-corrected chi connectivity index (χ0v) is 20.2. The lowest BCUT2D eigenvalue weighted by atomic mass is 10.0. The highest BCUT2D eigenvalue weighted by Crippen LogP contribution is 2.33. The van der Waals surface area contributed by atoms with E-state index in [1.54, 1.807) is 0 Å². The lowest BCUT2D eigenvalue weighted by Gasteiger charge is -2.10. The Morgan fingerprint density at radius 1 is 0.421 bits per heavy atom. The number of rotatable bonds is 3. The van der Waals surface area contributed by atoms with Crippen LogP contribution >= 0.6 is 0 Å². The van der Waals surface area contributed by atoms with Gasteiger partial charge in [0, 0.05) is 46.9 Å². The molecule has 0 aliphatic rings. The second kappa shape index (κ2) is 8.08. The lowest BCUT2D eigenvalue weighted by Crippen LogP contribution is -1.95. The highest BCUT2D eigenvalue weighted by Gasteiger charge is 2.14. The van der Waals surface area contributed by atoms with E-state index in [1.807, 2.05) is 61.4 Å². The minimum Gasteiger partial charge on any atom is -0.306 e. The van der Waals surface area contributed by atoms with Gasteiger partial charge in [0.1, 0.15) is 0 Å². The fourth-order valence-corrected chi connectivity index (χ4v) is 5.52. The SMILES string of the molecule is c1cnc2c3ccncc3n(-c3ccc(-c4ccc(-n5c6cnccc6c6ncccc65)cc4)cc3)c2c1. The number of pyridine rings is 4. The van der Waals surface area contributed by atoms with Crippen LogP contribution in [0.5, 0.6) is 0 Å². The first-order chi connectivity index (χ1) is 18.9. The Hall–Kier alpha value is -5.36. The molecule has 0 atom stereocenters. The maximum atomic E-state index is 4.63. The van der Waals surface area contributed by atoms with E-state index in [9.17, 15) is 0 Å². The van der Waals surface area contributed by atoms with Gasteiger partial charge in [-0.1, -0.05) is 24.3 Å². The number of hydrogen-bond donors (Lipinski definition) is 0. The summed E-state index contributed by atoms with van der Waals surface area (Å²) in [5.74, 6) is 0. The van der Waals surface area contributed by atoms with Crippen molar-refractivity contribution in [3.05, 3.63) is 122 Å². The zero-order chi connectivity index (χ0) is 25.1. The van der Waals surface area contributed by atoms with Gasteiger partial charge in [-0.25, -0.2) is 0 Å². The van der Waals surface area contributed by atoms with Crippen molar-refractivity contribution in [3.8, 4) is 22.5 Å². The quantitative estimate of drug-likeness (QED) is 0.265. The molecule has 8 aromatic rings. The van der Waals surface area contributed by atoms with Crippen LogP contribution in [0.25, 0.3) is 66.4 Å². The average Bonchev–Trinajstić information content (AvgIpc) is 3.51. The van der Waals surface area contributed by atoms with E-state index in [0.29, 0.717) is 0 Å². The van der Waals surface area contributed by atoms with E-state index in [0.717, 1.165) is 66.4 Å². The molecule has 8 rings (SSSR count). The predicted molar refractivity (Wildman–Crippen MR) is 152 cm³/mol. The van der Waals surface area contributed by atoms with Crippen LogP contribution in [0.2, 0.25) is 0 Å². The van der Waals surface area contributed by atoms with Gasteiger partial charge in [0.25, 0.3) is 0 Å². The van der Waals surface area contributed by atoms with Crippen molar-refractivity contribution in [2.45, 2.75) is 0 Å². The maximum absolute atomic E-state index is 4.63. The molecule has 0 saturated carbocycles. The highest BCUT2D eigenvalue weighted by molar-refractivity contribution is 6.07.